The van der Waals surface area contributed by atoms with Crippen LogP contribution in [0.5, 0.6) is 0 Å². The molecule has 0 spiro atoms. The number of nitrogens with two attached hydrogens (primary N) is 1. The van der Waals surface area contributed by atoms with Gasteiger partial charge in [-0.1, -0.05) is 46.8 Å². The molecule has 0 saturated heterocycles. The molecule has 3 N–H and O–H groups in total. The SMILES string of the molecule is CCOC1CC(N)(C(=O)Nc2ccc(C(C)(C)C)cc2)C1(C)C.Cl. The molecule has 24 heavy (non-hydrogen) atoms. The van der Waals surface area contributed by atoms with Crippen LogP contribution in [0.3, 0.4) is 0 Å². The van der Waals surface area contributed by atoms with Crippen molar-refractivity contribution < 1.29 is 9.53 Å². The van der Waals surface area contributed by atoms with Crippen LogP contribution in [0.1, 0.15) is 53.5 Å². The molecule has 0 radical (unpaired) electrons. The van der Waals surface area contributed by atoms with Crippen LogP contribution < -0.4 is 11.1 Å². The summed E-state index contributed by atoms with van der Waals surface area (Å²) < 4.78 is 5.68. The van der Waals surface area contributed by atoms with Crippen molar-refractivity contribution in [1.29, 1.82) is 0 Å². The highest BCUT2D eigenvalue weighted by atomic mass is 35.5. The second-order valence-corrected chi connectivity index (χ2v) is 8.12. The van der Waals surface area contributed by atoms with Gasteiger partial charge in [0.05, 0.1) is 6.10 Å². The molecule has 0 heterocycles. The second kappa shape index (κ2) is 7.03. The summed E-state index contributed by atoms with van der Waals surface area (Å²) in [6.07, 6.45) is 0.589. The predicted molar refractivity (Wildman–Crippen MR) is 102 cm³/mol. The molecule has 1 saturated carbocycles. The molecule has 1 fully saturated rings. The Morgan fingerprint density at radius 3 is 2.25 bits per heavy atom. The van der Waals surface area contributed by atoms with E-state index in [1.165, 1.54) is 5.56 Å². The molecule has 0 aromatic heterocycles. The topological polar surface area (TPSA) is 64.3 Å². The summed E-state index contributed by atoms with van der Waals surface area (Å²) in [5.74, 6) is -0.137. The maximum atomic E-state index is 12.7. The third-order valence-electron chi connectivity index (χ3n) is 5.24. The van der Waals surface area contributed by atoms with Crippen molar-refractivity contribution in [2.24, 2.45) is 11.1 Å². The number of carbonyl (C=O) groups excluding carboxylic acids is 1. The average Bonchev–Trinajstić information content (AvgIpc) is 2.46. The van der Waals surface area contributed by atoms with Crippen LogP contribution in [0.25, 0.3) is 0 Å². The van der Waals surface area contributed by atoms with Gasteiger partial charge in [-0.15, -0.1) is 12.4 Å². The third kappa shape index (κ3) is 3.61. The number of rotatable bonds is 4. The molecular formula is C19H31ClN2O2. The number of hydrogen-bond donors (Lipinski definition) is 2. The Bertz CT molecular complexity index is 578. The minimum absolute atomic E-state index is 0. The lowest BCUT2D eigenvalue weighted by Crippen LogP contribution is -2.74. The summed E-state index contributed by atoms with van der Waals surface area (Å²) in [6, 6.07) is 7.97. The van der Waals surface area contributed by atoms with Gasteiger partial charge < -0.3 is 15.8 Å². The Labute approximate surface area is 151 Å². The molecule has 1 aromatic carbocycles. The molecule has 2 unspecified atom stereocenters. The molecule has 1 aliphatic rings. The minimum Gasteiger partial charge on any atom is -0.378 e. The van der Waals surface area contributed by atoms with Gasteiger partial charge in [-0.2, -0.15) is 0 Å². The fourth-order valence-corrected chi connectivity index (χ4v) is 3.12. The van der Waals surface area contributed by atoms with Crippen molar-refractivity contribution in [3.05, 3.63) is 29.8 Å². The maximum Gasteiger partial charge on any atom is 0.245 e. The van der Waals surface area contributed by atoms with Crippen LogP contribution >= 0.6 is 12.4 Å². The molecule has 4 nitrogen and oxygen atoms in total. The summed E-state index contributed by atoms with van der Waals surface area (Å²) in [5.41, 5.74) is 7.24. The summed E-state index contributed by atoms with van der Waals surface area (Å²) >= 11 is 0. The molecule has 2 atom stereocenters. The summed E-state index contributed by atoms with van der Waals surface area (Å²) in [7, 11) is 0. The van der Waals surface area contributed by atoms with Crippen LogP contribution in [-0.4, -0.2) is 24.2 Å². The average molecular weight is 355 g/mol. The Morgan fingerprint density at radius 1 is 1.29 bits per heavy atom. The van der Waals surface area contributed by atoms with Crippen molar-refractivity contribution in [3.8, 4) is 0 Å². The fourth-order valence-electron chi connectivity index (χ4n) is 3.12. The first-order valence-electron chi connectivity index (χ1n) is 8.35. The largest absolute Gasteiger partial charge is 0.378 e. The van der Waals surface area contributed by atoms with Crippen LogP contribution in [0.2, 0.25) is 0 Å². The molecule has 5 heteroatoms. The lowest BCUT2D eigenvalue weighted by Gasteiger charge is -2.57. The lowest BCUT2D eigenvalue weighted by molar-refractivity contribution is -0.166. The van der Waals surface area contributed by atoms with Gasteiger partial charge in [-0.25, -0.2) is 0 Å². The van der Waals surface area contributed by atoms with E-state index in [9.17, 15) is 4.79 Å². The number of amides is 1. The van der Waals surface area contributed by atoms with E-state index in [-0.39, 0.29) is 35.2 Å². The van der Waals surface area contributed by atoms with Crippen LogP contribution in [0, 0.1) is 5.41 Å². The van der Waals surface area contributed by atoms with Gasteiger partial charge in [0, 0.05) is 24.1 Å². The van der Waals surface area contributed by atoms with Crippen LogP contribution in [0.4, 0.5) is 5.69 Å². The first kappa shape index (κ1) is 20.9. The number of halogens is 1. The second-order valence-electron chi connectivity index (χ2n) is 8.12. The minimum atomic E-state index is -0.893. The Morgan fingerprint density at radius 2 is 1.83 bits per heavy atom. The summed E-state index contributed by atoms with van der Waals surface area (Å²) in [6.45, 7) is 13.1. The van der Waals surface area contributed by atoms with E-state index in [1.54, 1.807) is 0 Å². The van der Waals surface area contributed by atoms with Gasteiger partial charge in [0.25, 0.3) is 0 Å². The highest BCUT2D eigenvalue weighted by Gasteiger charge is 2.62. The van der Waals surface area contributed by atoms with Gasteiger partial charge >= 0.3 is 0 Å². The van der Waals surface area contributed by atoms with Gasteiger partial charge in [-0.3, -0.25) is 4.79 Å². The van der Waals surface area contributed by atoms with E-state index in [4.69, 9.17) is 10.5 Å². The number of anilines is 1. The highest BCUT2D eigenvalue weighted by Crippen LogP contribution is 2.50. The molecule has 1 aliphatic carbocycles. The van der Waals surface area contributed by atoms with Gasteiger partial charge in [0.15, 0.2) is 0 Å². The number of ether oxygens (including phenoxy) is 1. The van der Waals surface area contributed by atoms with Crippen molar-refractivity contribution in [3.63, 3.8) is 0 Å². The smallest absolute Gasteiger partial charge is 0.245 e. The van der Waals surface area contributed by atoms with Gasteiger partial charge in [0.1, 0.15) is 5.54 Å². The Kier molecular flexibility index (Phi) is 6.13. The Balaban J connectivity index is 0.00000288. The number of hydrogen-bond acceptors (Lipinski definition) is 3. The van der Waals surface area contributed by atoms with Crippen molar-refractivity contribution in [2.45, 2.75) is 65.0 Å². The Hall–Kier alpha value is -1.10. The van der Waals surface area contributed by atoms with E-state index in [0.717, 1.165) is 5.69 Å². The fraction of sp³-hybridized carbons (Fsp3) is 0.632. The molecular weight excluding hydrogens is 324 g/mol. The number of benzene rings is 1. The zero-order valence-corrected chi connectivity index (χ0v) is 16.4. The first-order valence-corrected chi connectivity index (χ1v) is 8.35. The van der Waals surface area contributed by atoms with Crippen molar-refractivity contribution in [2.75, 3.05) is 11.9 Å². The van der Waals surface area contributed by atoms with Crippen LogP contribution in [-0.2, 0) is 14.9 Å². The summed E-state index contributed by atoms with van der Waals surface area (Å²) in [4.78, 5) is 12.7. The molecule has 2 rings (SSSR count). The van der Waals surface area contributed by atoms with E-state index in [0.29, 0.717) is 13.0 Å². The molecule has 1 amide bonds. The molecule has 0 bridgehead atoms. The quantitative estimate of drug-likeness (QED) is 0.862. The van der Waals surface area contributed by atoms with Crippen molar-refractivity contribution >= 4 is 24.0 Å². The molecule has 0 aliphatic heterocycles. The van der Waals surface area contributed by atoms with Crippen molar-refractivity contribution in [1.82, 2.24) is 0 Å². The zero-order chi connectivity index (χ0) is 17.5. The zero-order valence-electron chi connectivity index (χ0n) is 15.6. The van der Waals surface area contributed by atoms with E-state index >= 15 is 0 Å². The van der Waals surface area contributed by atoms with E-state index in [2.05, 4.69) is 26.1 Å². The monoisotopic (exact) mass is 354 g/mol. The van der Waals surface area contributed by atoms with Crippen LogP contribution in [0.15, 0.2) is 24.3 Å². The maximum absolute atomic E-state index is 12.7. The van der Waals surface area contributed by atoms with E-state index < -0.39 is 5.54 Å². The lowest BCUT2D eigenvalue weighted by atomic mass is 9.54. The van der Waals surface area contributed by atoms with E-state index in [1.807, 2.05) is 45.0 Å². The molecule has 1 aromatic rings. The summed E-state index contributed by atoms with van der Waals surface area (Å²) in [5, 5.41) is 2.96. The number of carbonyl (C=O) groups is 1. The predicted octanol–water partition coefficient (Wildman–Crippen LogP) is 3.88. The standard InChI is InChI=1S/C19H30N2O2.ClH/c1-7-23-15-12-19(20,18(15,5)6)16(22)21-14-10-8-13(9-11-14)17(2,3)4;/h8-11,15H,7,12,20H2,1-6H3,(H,21,22);1H. The normalized spacial score (nSPS) is 25.4. The molecule has 136 valence electrons. The van der Waals surface area contributed by atoms with Gasteiger partial charge in [-0.05, 0) is 30.0 Å². The third-order valence-corrected chi connectivity index (χ3v) is 5.24. The highest BCUT2D eigenvalue weighted by molar-refractivity contribution is 5.99. The van der Waals surface area contributed by atoms with Gasteiger partial charge in [0.2, 0.25) is 5.91 Å². The first-order chi connectivity index (χ1) is 10.5. The number of nitrogens with one attached hydrogen (secondary N) is 1.